The Morgan fingerprint density at radius 3 is 2.41 bits per heavy atom. The quantitative estimate of drug-likeness (QED) is 0.904. The summed E-state index contributed by atoms with van der Waals surface area (Å²) in [5.74, 6) is 0. The van der Waals surface area contributed by atoms with Gasteiger partial charge in [-0.3, -0.25) is 4.72 Å². The molecular formula is C17H16ClNO2S. The van der Waals surface area contributed by atoms with Crippen molar-refractivity contribution in [3.05, 3.63) is 64.2 Å². The fourth-order valence-corrected chi connectivity index (χ4v) is 4.02. The van der Waals surface area contributed by atoms with Crippen molar-refractivity contribution in [1.82, 2.24) is 0 Å². The highest BCUT2D eigenvalue weighted by atomic mass is 35.5. The molecule has 5 heteroatoms. The minimum atomic E-state index is -3.61. The Hall–Kier alpha value is -1.78. The molecule has 3 nitrogen and oxygen atoms in total. The number of halogens is 1. The predicted molar refractivity (Wildman–Crippen MR) is 90.8 cm³/mol. The lowest BCUT2D eigenvalue weighted by Crippen LogP contribution is -2.14. The molecule has 0 atom stereocenters. The second-order valence-electron chi connectivity index (χ2n) is 5.43. The van der Waals surface area contributed by atoms with Crippen LogP contribution in [0.2, 0.25) is 5.02 Å². The topological polar surface area (TPSA) is 46.2 Å². The summed E-state index contributed by atoms with van der Waals surface area (Å²) < 4.78 is 27.7. The van der Waals surface area contributed by atoms with Crippen LogP contribution in [0.5, 0.6) is 0 Å². The molecular weight excluding hydrogens is 318 g/mol. The van der Waals surface area contributed by atoms with Crippen molar-refractivity contribution in [3.8, 4) is 0 Å². The van der Waals surface area contributed by atoms with Crippen molar-refractivity contribution in [2.45, 2.75) is 25.2 Å². The number of fused-ring (bicyclic) bond motifs is 1. The molecule has 0 aromatic heterocycles. The number of hydrogen-bond acceptors (Lipinski definition) is 2. The Bertz CT molecular complexity index is 868. The Morgan fingerprint density at radius 1 is 1.05 bits per heavy atom. The van der Waals surface area contributed by atoms with Crippen LogP contribution < -0.4 is 4.72 Å². The van der Waals surface area contributed by atoms with Crippen molar-refractivity contribution in [1.29, 1.82) is 0 Å². The van der Waals surface area contributed by atoms with Gasteiger partial charge in [-0.15, -0.1) is 0 Å². The molecule has 0 amide bonds. The van der Waals surface area contributed by atoms with Gasteiger partial charge in [-0.2, -0.15) is 0 Å². The third kappa shape index (κ3) is 2.64. The van der Waals surface area contributed by atoms with Gasteiger partial charge in [-0.25, -0.2) is 8.42 Å². The summed E-state index contributed by atoms with van der Waals surface area (Å²) in [6, 6.07) is 9.92. The van der Waals surface area contributed by atoms with Gasteiger partial charge in [-0.05, 0) is 72.9 Å². The molecule has 1 aliphatic rings. The first-order valence-corrected chi connectivity index (χ1v) is 8.82. The van der Waals surface area contributed by atoms with Gasteiger partial charge < -0.3 is 0 Å². The molecule has 2 aromatic carbocycles. The summed E-state index contributed by atoms with van der Waals surface area (Å²) in [7, 11) is -3.61. The normalized spacial score (nSPS) is 13.7. The SMILES string of the molecule is CC1=CCc2c(NS(=O)(=O)c3ccc(Cl)cc3)ccc(C)c21. The van der Waals surface area contributed by atoms with Crippen molar-refractivity contribution < 1.29 is 8.42 Å². The maximum absolute atomic E-state index is 12.5. The maximum atomic E-state index is 12.5. The van der Waals surface area contributed by atoms with Crippen molar-refractivity contribution in [2.75, 3.05) is 4.72 Å². The average Bonchev–Trinajstić information content (AvgIpc) is 2.86. The first-order chi connectivity index (χ1) is 10.4. The molecule has 0 aliphatic heterocycles. The van der Waals surface area contributed by atoms with E-state index in [1.807, 2.05) is 19.1 Å². The van der Waals surface area contributed by atoms with E-state index >= 15 is 0 Å². The van der Waals surface area contributed by atoms with E-state index in [1.54, 1.807) is 12.1 Å². The number of benzene rings is 2. The fourth-order valence-electron chi connectivity index (χ4n) is 2.80. The lowest BCUT2D eigenvalue weighted by atomic mass is 9.99. The van der Waals surface area contributed by atoms with E-state index in [0.29, 0.717) is 10.7 Å². The molecule has 0 unspecified atom stereocenters. The summed E-state index contributed by atoms with van der Waals surface area (Å²) in [6.07, 6.45) is 2.87. The van der Waals surface area contributed by atoms with Crippen LogP contribution in [0.4, 0.5) is 5.69 Å². The average molecular weight is 334 g/mol. The molecule has 0 radical (unpaired) electrons. The van der Waals surface area contributed by atoms with E-state index in [0.717, 1.165) is 23.1 Å². The molecule has 0 fully saturated rings. The molecule has 0 spiro atoms. The highest BCUT2D eigenvalue weighted by Crippen LogP contribution is 2.35. The van der Waals surface area contributed by atoms with E-state index in [4.69, 9.17) is 11.6 Å². The van der Waals surface area contributed by atoms with Gasteiger partial charge in [0.1, 0.15) is 0 Å². The monoisotopic (exact) mass is 333 g/mol. The van der Waals surface area contributed by atoms with Crippen LogP contribution in [-0.2, 0) is 16.4 Å². The minimum absolute atomic E-state index is 0.203. The number of aryl methyl sites for hydroxylation is 1. The number of hydrogen-bond donors (Lipinski definition) is 1. The van der Waals surface area contributed by atoms with Crippen molar-refractivity contribution in [3.63, 3.8) is 0 Å². The summed E-state index contributed by atoms with van der Waals surface area (Å²) in [5.41, 5.74) is 5.19. The zero-order chi connectivity index (χ0) is 15.9. The molecule has 3 rings (SSSR count). The van der Waals surface area contributed by atoms with E-state index in [2.05, 4.69) is 17.7 Å². The second kappa shape index (κ2) is 5.45. The molecule has 0 saturated carbocycles. The number of rotatable bonds is 3. The summed E-state index contributed by atoms with van der Waals surface area (Å²) in [6.45, 7) is 4.09. The van der Waals surface area contributed by atoms with Gasteiger partial charge in [-0.1, -0.05) is 23.7 Å². The van der Waals surface area contributed by atoms with E-state index < -0.39 is 10.0 Å². The Kier molecular flexibility index (Phi) is 3.75. The molecule has 1 N–H and O–H groups in total. The van der Waals surface area contributed by atoms with Crippen LogP contribution in [0.25, 0.3) is 5.57 Å². The molecule has 0 saturated heterocycles. The fraction of sp³-hybridized carbons (Fsp3) is 0.176. The molecule has 114 valence electrons. The van der Waals surface area contributed by atoms with Gasteiger partial charge in [0, 0.05) is 5.02 Å². The van der Waals surface area contributed by atoms with Crippen LogP contribution in [0.1, 0.15) is 23.6 Å². The van der Waals surface area contributed by atoms with Gasteiger partial charge >= 0.3 is 0 Å². The van der Waals surface area contributed by atoms with Crippen molar-refractivity contribution >= 4 is 32.9 Å². The zero-order valence-corrected chi connectivity index (χ0v) is 13.9. The van der Waals surface area contributed by atoms with Gasteiger partial charge in [0.15, 0.2) is 0 Å². The van der Waals surface area contributed by atoms with Crippen LogP contribution in [-0.4, -0.2) is 8.42 Å². The molecule has 0 bridgehead atoms. The molecule has 0 heterocycles. The van der Waals surface area contributed by atoms with Gasteiger partial charge in [0.05, 0.1) is 10.6 Å². The van der Waals surface area contributed by atoms with Crippen LogP contribution >= 0.6 is 11.6 Å². The number of sulfonamides is 1. The van der Waals surface area contributed by atoms with Crippen LogP contribution in [0.3, 0.4) is 0 Å². The first kappa shape index (κ1) is 15.1. The second-order valence-corrected chi connectivity index (χ2v) is 7.55. The predicted octanol–water partition coefficient (Wildman–Crippen LogP) is 4.41. The number of nitrogens with one attached hydrogen (secondary N) is 1. The number of allylic oxidation sites excluding steroid dienone is 2. The van der Waals surface area contributed by atoms with Gasteiger partial charge in [0.2, 0.25) is 0 Å². The zero-order valence-electron chi connectivity index (χ0n) is 12.4. The van der Waals surface area contributed by atoms with Crippen molar-refractivity contribution in [2.24, 2.45) is 0 Å². The van der Waals surface area contributed by atoms with E-state index in [9.17, 15) is 8.42 Å². The third-order valence-electron chi connectivity index (χ3n) is 3.90. The highest BCUT2D eigenvalue weighted by Gasteiger charge is 2.21. The van der Waals surface area contributed by atoms with E-state index in [1.165, 1.54) is 17.7 Å². The maximum Gasteiger partial charge on any atom is 0.261 e. The summed E-state index contributed by atoms with van der Waals surface area (Å²) in [4.78, 5) is 0.203. The Morgan fingerprint density at radius 2 is 1.73 bits per heavy atom. The lowest BCUT2D eigenvalue weighted by Gasteiger charge is -2.14. The molecule has 1 aliphatic carbocycles. The van der Waals surface area contributed by atoms with Crippen LogP contribution in [0.15, 0.2) is 47.4 Å². The highest BCUT2D eigenvalue weighted by molar-refractivity contribution is 7.92. The first-order valence-electron chi connectivity index (χ1n) is 6.96. The Balaban J connectivity index is 1.99. The van der Waals surface area contributed by atoms with E-state index in [-0.39, 0.29) is 4.90 Å². The van der Waals surface area contributed by atoms with Crippen LogP contribution in [0, 0.1) is 6.92 Å². The summed E-state index contributed by atoms with van der Waals surface area (Å²) >= 11 is 5.81. The molecule has 22 heavy (non-hydrogen) atoms. The summed E-state index contributed by atoms with van der Waals surface area (Å²) in [5, 5.41) is 0.509. The smallest absolute Gasteiger partial charge is 0.261 e. The Labute approximate surface area is 135 Å². The minimum Gasteiger partial charge on any atom is -0.279 e. The molecule has 2 aromatic rings. The largest absolute Gasteiger partial charge is 0.279 e. The standard InChI is InChI=1S/C17H16ClNO2S/c1-11-3-9-15-16(10-4-12(2)17(11)15)19-22(20,21)14-7-5-13(18)6-8-14/h3-8,10,19H,9H2,1-2H3. The van der Waals surface area contributed by atoms with Gasteiger partial charge in [0.25, 0.3) is 10.0 Å². The number of anilines is 1. The lowest BCUT2D eigenvalue weighted by molar-refractivity contribution is 0.601. The third-order valence-corrected chi connectivity index (χ3v) is 5.53.